The monoisotopic (exact) mass is 498 g/mol. The van der Waals surface area contributed by atoms with Crippen LogP contribution in [-0.4, -0.2) is 9.13 Å². The van der Waals surface area contributed by atoms with Crippen LogP contribution in [-0.2, 0) is 0 Å². The maximum absolute atomic E-state index is 2.44. The fourth-order valence-electron chi connectivity index (χ4n) is 6.18. The first-order valence-corrected chi connectivity index (χ1v) is 13.5. The number of fused-ring (bicyclic) bond motifs is 6. The van der Waals surface area contributed by atoms with Crippen molar-refractivity contribution in [3.8, 4) is 22.5 Å². The third-order valence-corrected chi connectivity index (χ3v) is 7.96. The maximum Gasteiger partial charge on any atom is 0.0547 e. The number of aromatic nitrogens is 2. The van der Waals surface area contributed by atoms with Crippen LogP contribution in [0.25, 0.3) is 66.1 Å². The second kappa shape index (κ2) is 8.47. The van der Waals surface area contributed by atoms with Gasteiger partial charge in [-0.2, -0.15) is 0 Å². The van der Waals surface area contributed by atoms with Gasteiger partial charge in [0.2, 0.25) is 0 Å². The zero-order valence-corrected chi connectivity index (χ0v) is 21.7. The number of aryl methyl sites for hydroxylation is 1. The summed E-state index contributed by atoms with van der Waals surface area (Å²) < 4.78 is 4.81. The van der Waals surface area contributed by atoms with E-state index >= 15 is 0 Å². The van der Waals surface area contributed by atoms with E-state index in [1.54, 1.807) is 0 Å². The second-order valence-corrected chi connectivity index (χ2v) is 10.3. The van der Waals surface area contributed by atoms with Crippen LogP contribution in [0, 0.1) is 6.92 Å². The molecule has 0 N–H and O–H groups in total. The zero-order valence-electron chi connectivity index (χ0n) is 21.7. The Labute approximate surface area is 227 Å². The van der Waals surface area contributed by atoms with Gasteiger partial charge in [0.05, 0.1) is 22.1 Å². The van der Waals surface area contributed by atoms with Gasteiger partial charge in [-0.05, 0) is 72.6 Å². The molecule has 0 aliphatic carbocycles. The van der Waals surface area contributed by atoms with Crippen LogP contribution in [0.3, 0.4) is 0 Å². The minimum absolute atomic E-state index is 1.17. The van der Waals surface area contributed by atoms with E-state index in [9.17, 15) is 0 Å². The first-order valence-electron chi connectivity index (χ1n) is 13.5. The number of benzene rings is 6. The topological polar surface area (TPSA) is 9.86 Å². The lowest BCUT2D eigenvalue weighted by Gasteiger charge is -2.11. The fraction of sp³-hybridized carbons (Fsp3) is 0.0270. The van der Waals surface area contributed by atoms with E-state index < -0.39 is 0 Å². The van der Waals surface area contributed by atoms with E-state index in [1.165, 1.54) is 71.7 Å². The highest BCUT2D eigenvalue weighted by Gasteiger charge is 2.17. The number of hydrogen-bond donors (Lipinski definition) is 0. The molecule has 0 saturated heterocycles. The molecule has 2 heteroatoms. The summed E-state index contributed by atoms with van der Waals surface area (Å²) in [7, 11) is 0. The van der Waals surface area contributed by atoms with Gasteiger partial charge in [-0.15, -0.1) is 0 Å². The molecular formula is C37H26N2. The zero-order chi connectivity index (χ0) is 25.9. The molecule has 0 radical (unpaired) electrons. The smallest absolute Gasteiger partial charge is 0.0547 e. The fourth-order valence-corrected chi connectivity index (χ4v) is 6.18. The molecule has 184 valence electrons. The summed E-state index contributed by atoms with van der Waals surface area (Å²) in [5, 5.41) is 5.09. The summed E-state index contributed by atoms with van der Waals surface area (Å²) in [4.78, 5) is 0. The van der Waals surface area contributed by atoms with E-state index in [4.69, 9.17) is 0 Å². The predicted molar refractivity (Wildman–Crippen MR) is 165 cm³/mol. The van der Waals surface area contributed by atoms with Crippen LogP contribution in [0.15, 0.2) is 140 Å². The minimum atomic E-state index is 1.17. The summed E-state index contributed by atoms with van der Waals surface area (Å²) >= 11 is 0. The molecule has 2 heterocycles. The van der Waals surface area contributed by atoms with Gasteiger partial charge in [-0.1, -0.05) is 90.5 Å². The summed E-state index contributed by atoms with van der Waals surface area (Å²) in [5.74, 6) is 0. The average Bonchev–Trinajstić information content (AvgIpc) is 3.49. The molecule has 0 unspecified atom stereocenters. The lowest BCUT2D eigenvalue weighted by Crippen LogP contribution is -1.96. The van der Waals surface area contributed by atoms with Crippen molar-refractivity contribution in [3.05, 3.63) is 145 Å². The lowest BCUT2D eigenvalue weighted by molar-refractivity contribution is 1.16. The van der Waals surface area contributed by atoms with E-state index in [1.807, 2.05) is 0 Å². The number of nitrogens with zero attached hydrogens (tertiary/aromatic N) is 2. The third kappa shape index (κ3) is 3.35. The predicted octanol–water partition coefficient (Wildman–Crippen LogP) is 9.86. The van der Waals surface area contributed by atoms with Crippen molar-refractivity contribution in [2.75, 3.05) is 0 Å². The summed E-state index contributed by atoms with van der Waals surface area (Å²) in [5.41, 5.74) is 11.0. The highest BCUT2D eigenvalue weighted by molar-refractivity contribution is 6.12. The average molecular weight is 499 g/mol. The van der Waals surface area contributed by atoms with Gasteiger partial charge in [0.1, 0.15) is 0 Å². The van der Waals surface area contributed by atoms with Crippen molar-refractivity contribution in [2.45, 2.75) is 6.92 Å². The normalized spacial score (nSPS) is 11.7. The van der Waals surface area contributed by atoms with Crippen LogP contribution in [0.1, 0.15) is 5.56 Å². The van der Waals surface area contributed by atoms with E-state index in [0.717, 1.165) is 0 Å². The van der Waals surface area contributed by atoms with Crippen molar-refractivity contribution < 1.29 is 0 Å². The van der Waals surface area contributed by atoms with Gasteiger partial charge < -0.3 is 9.13 Å². The summed E-state index contributed by atoms with van der Waals surface area (Å²) in [6.45, 7) is 2.17. The van der Waals surface area contributed by atoms with Crippen molar-refractivity contribution in [1.82, 2.24) is 9.13 Å². The largest absolute Gasteiger partial charge is 0.309 e. The molecule has 0 saturated carbocycles. The molecule has 8 aromatic rings. The van der Waals surface area contributed by atoms with Crippen LogP contribution < -0.4 is 0 Å². The van der Waals surface area contributed by atoms with Crippen molar-refractivity contribution in [1.29, 1.82) is 0 Å². The molecule has 0 bridgehead atoms. The highest BCUT2D eigenvalue weighted by atomic mass is 15.0. The maximum atomic E-state index is 2.44. The Morgan fingerprint density at radius 1 is 0.359 bits per heavy atom. The molecule has 0 aliphatic heterocycles. The lowest BCUT2D eigenvalue weighted by atomic mass is 10.0. The van der Waals surface area contributed by atoms with E-state index in [2.05, 4.69) is 156 Å². The molecule has 2 nitrogen and oxygen atoms in total. The molecule has 8 rings (SSSR count). The van der Waals surface area contributed by atoms with Crippen LogP contribution in [0.4, 0.5) is 0 Å². The number of rotatable bonds is 3. The Morgan fingerprint density at radius 3 is 1.79 bits per heavy atom. The standard InChI is InChI=1S/C37H26N2/c1-25-16-20-35-32(22-25)31-19-17-27(26-10-4-2-5-11-26)23-37(31)39(35)29-18-21-36-33(24-29)30-14-8-9-15-34(30)38(36)28-12-6-3-7-13-28/h2-24H,1H3. The molecule has 6 aromatic carbocycles. The van der Waals surface area contributed by atoms with Gasteiger partial charge >= 0.3 is 0 Å². The first kappa shape index (κ1) is 22.0. The number of para-hydroxylation sites is 2. The molecule has 0 atom stereocenters. The Balaban J connectivity index is 1.45. The van der Waals surface area contributed by atoms with Crippen molar-refractivity contribution >= 4 is 43.6 Å². The van der Waals surface area contributed by atoms with Gasteiger partial charge in [-0.25, -0.2) is 0 Å². The van der Waals surface area contributed by atoms with Crippen LogP contribution in [0.2, 0.25) is 0 Å². The van der Waals surface area contributed by atoms with Crippen molar-refractivity contribution in [3.63, 3.8) is 0 Å². The third-order valence-electron chi connectivity index (χ3n) is 7.96. The van der Waals surface area contributed by atoms with Gasteiger partial charge in [0.25, 0.3) is 0 Å². The Morgan fingerprint density at radius 2 is 0.974 bits per heavy atom. The van der Waals surface area contributed by atoms with E-state index in [-0.39, 0.29) is 0 Å². The molecule has 0 amide bonds. The summed E-state index contributed by atoms with van der Waals surface area (Å²) in [6.07, 6.45) is 0. The Hall–Kier alpha value is -5.08. The Kier molecular flexibility index (Phi) is 4.77. The number of hydrogen-bond acceptors (Lipinski definition) is 0. The van der Waals surface area contributed by atoms with Crippen LogP contribution in [0.5, 0.6) is 0 Å². The van der Waals surface area contributed by atoms with E-state index in [0.29, 0.717) is 0 Å². The quantitative estimate of drug-likeness (QED) is 0.229. The van der Waals surface area contributed by atoms with Crippen molar-refractivity contribution in [2.24, 2.45) is 0 Å². The molecule has 0 spiro atoms. The molecule has 0 fully saturated rings. The Bertz CT molecular complexity index is 2160. The SMILES string of the molecule is Cc1ccc2c(c1)c1ccc(-c3ccccc3)cc1n2-c1ccc2c(c1)c1ccccc1n2-c1ccccc1. The molecule has 0 aliphatic rings. The van der Waals surface area contributed by atoms with Gasteiger partial charge in [0.15, 0.2) is 0 Å². The highest BCUT2D eigenvalue weighted by Crippen LogP contribution is 2.38. The van der Waals surface area contributed by atoms with Crippen LogP contribution >= 0.6 is 0 Å². The second-order valence-electron chi connectivity index (χ2n) is 10.3. The summed E-state index contributed by atoms with van der Waals surface area (Å²) in [6, 6.07) is 50.6. The van der Waals surface area contributed by atoms with Gasteiger partial charge in [-0.3, -0.25) is 0 Å². The molecule has 39 heavy (non-hydrogen) atoms. The molecule has 2 aromatic heterocycles. The first-order chi connectivity index (χ1) is 19.3. The van der Waals surface area contributed by atoms with Gasteiger partial charge in [0, 0.05) is 32.9 Å². The molecular weight excluding hydrogens is 472 g/mol. The minimum Gasteiger partial charge on any atom is -0.309 e.